The van der Waals surface area contributed by atoms with Gasteiger partial charge in [0.2, 0.25) is 11.8 Å². The highest BCUT2D eigenvalue weighted by Crippen LogP contribution is 2.65. The van der Waals surface area contributed by atoms with Crippen LogP contribution in [0, 0.1) is 5.92 Å². The number of rotatable bonds is 9. The number of nitrogens with zero attached hydrogens (tertiary/aromatic N) is 2. The van der Waals surface area contributed by atoms with Crippen molar-refractivity contribution in [3.63, 3.8) is 0 Å². The first-order chi connectivity index (χ1) is 27.5. The number of amides is 2. The molecule has 0 radical (unpaired) electrons. The van der Waals surface area contributed by atoms with E-state index in [2.05, 4.69) is 15.5 Å². The molecule has 56 heavy (non-hydrogen) atoms. The van der Waals surface area contributed by atoms with Crippen LogP contribution in [0.5, 0.6) is 5.75 Å². The Labute approximate surface area is 324 Å². The molecule has 3 fully saturated rings. The molecule has 11 nitrogen and oxygen atoms in total. The van der Waals surface area contributed by atoms with Crippen molar-refractivity contribution in [1.29, 1.82) is 0 Å². The Hall–Kier alpha value is -6.01. The number of hydrogen-bond donors (Lipinski definition) is 3. The maximum absolute atomic E-state index is 15.3. The van der Waals surface area contributed by atoms with Gasteiger partial charge in [-0.15, -0.1) is 0 Å². The number of para-hydroxylation sites is 2. The zero-order valence-electron chi connectivity index (χ0n) is 30.6. The fourth-order valence-electron chi connectivity index (χ4n) is 9.31. The molecule has 1 spiro atoms. The van der Waals surface area contributed by atoms with E-state index < -0.39 is 53.3 Å². The molecule has 3 saturated heterocycles. The maximum Gasteiger partial charge on any atom is 0.324 e. The highest BCUT2D eigenvalue weighted by Gasteiger charge is 2.74. The van der Waals surface area contributed by atoms with Gasteiger partial charge in [0.1, 0.15) is 29.9 Å². The average Bonchev–Trinajstić information content (AvgIpc) is 3.73. The number of cyclic esters (lactones) is 1. The second-order valence-corrected chi connectivity index (χ2v) is 14.5. The molecule has 0 bridgehead atoms. The Bertz CT molecular complexity index is 2230. The molecule has 9 rings (SSSR count). The summed E-state index contributed by atoms with van der Waals surface area (Å²) >= 11 is 0. The Morgan fingerprint density at radius 2 is 1.46 bits per heavy atom. The summed E-state index contributed by atoms with van der Waals surface area (Å²) in [6.07, 6.45) is -0.790. The number of carbonyl (C=O) groups excluding carboxylic acids is 3. The van der Waals surface area contributed by atoms with Crippen LogP contribution in [0.3, 0.4) is 0 Å². The molecule has 4 aliphatic rings. The Morgan fingerprint density at radius 1 is 0.804 bits per heavy atom. The van der Waals surface area contributed by atoms with E-state index in [0.29, 0.717) is 41.5 Å². The molecule has 0 saturated carbocycles. The molecular weight excluding hydrogens is 709 g/mol. The van der Waals surface area contributed by atoms with Crippen LogP contribution >= 0.6 is 0 Å². The topological polar surface area (TPSA) is 130 Å². The largest absolute Gasteiger partial charge is 0.491 e. The van der Waals surface area contributed by atoms with Crippen molar-refractivity contribution in [2.24, 2.45) is 5.92 Å². The van der Waals surface area contributed by atoms with Crippen molar-refractivity contribution in [3.05, 3.63) is 156 Å². The van der Waals surface area contributed by atoms with Crippen LogP contribution in [0.2, 0.25) is 0 Å². The molecule has 2 amide bonds. The zero-order chi connectivity index (χ0) is 38.2. The van der Waals surface area contributed by atoms with Crippen molar-refractivity contribution in [3.8, 4) is 5.75 Å². The summed E-state index contributed by atoms with van der Waals surface area (Å²) in [5.74, 6) is -2.35. The van der Waals surface area contributed by atoms with E-state index in [1.54, 1.807) is 6.07 Å². The van der Waals surface area contributed by atoms with Gasteiger partial charge in [-0.05, 0) is 53.1 Å². The first-order valence-corrected chi connectivity index (χ1v) is 19.1. The average molecular weight is 751 g/mol. The van der Waals surface area contributed by atoms with Gasteiger partial charge in [0, 0.05) is 35.7 Å². The number of aliphatic hydroxyl groups is 1. The third kappa shape index (κ3) is 5.90. The molecule has 6 atom stereocenters. The fourth-order valence-corrected chi connectivity index (χ4v) is 9.31. The summed E-state index contributed by atoms with van der Waals surface area (Å²) in [6, 6.07) is 38.9. The molecule has 4 heterocycles. The summed E-state index contributed by atoms with van der Waals surface area (Å²) < 4.78 is 18.2. The van der Waals surface area contributed by atoms with Crippen LogP contribution < -0.4 is 20.3 Å². The normalized spacial score (nSPS) is 25.6. The molecule has 284 valence electrons. The van der Waals surface area contributed by atoms with Crippen LogP contribution in [-0.4, -0.2) is 73.3 Å². The zero-order valence-corrected chi connectivity index (χ0v) is 30.6. The van der Waals surface area contributed by atoms with Crippen molar-refractivity contribution in [1.82, 2.24) is 4.90 Å². The number of esters is 1. The van der Waals surface area contributed by atoms with Crippen molar-refractivity contribution in [2.45, 2.75) is 29.6 Å². The number of anilines is 3. The Kier molecular flexibility index (Phi) is 9.50. The number of hydrogen-bond acceptors (Lipinski definition) is 9. The minimum absolute atomic E-state index is 0.00407. The van der Waals surface area contributed by atoms with Gasteiger partial charge in [-0.25, -0.2) is 0 Å². The van der Waals surface area contributed by atoms with Gasteiger partial charge in [0.25, 0.3) is 0 Å². The summed E-state index contributed by atoms with van der Waals surface area (Å²) in [5.41, 5.74) is 3.27. The van der Waals surface area contributed by atoms with E-state index in [9.17, 15) is 9.90 Å². The van der Waals surface area contributed by atoms with Gasteiger partial charge in [-0.1, -0.05) is 97.1 Å². The Balaban J connectivity index is 1.26. The van der Waals surface area contributed by atoms with Crippen LogP contribution in [0.25, 0.3) is 0 Å². The summed E-state index contributed by atoms with van der Waals surface area (Å²) in [5, 5.41) is 16.1. The minimum Gasteiger partial charge on any atom is -0.491 e. The quantitative estimate of drug-likeness (QED) is 0.160. The third-order valence-corrected chi connectivity index (χ3v) is 11.6. The lowest BCUT2D eigenvalue weighted by Gasteiger charge is -2.46. The molecule has 3 N–H and O–H groups in total. The molecule has 11 heteroatoms. The maximum atomic E-state index is 15.3. The molecule has 5 aromatic carbocycles. The first kappa shape index (κ1) is 35.7. The number of aliphatic hydroxyl groups excluding tert-OH is 1. The van der Waals surface area contributed by atoms with E-state index in [-0.39, 0.29) is 13.2 Å². The van der Waals surface area contributed by atoms with E-state index in [1.165, 1.54) is 0 Å². The van der Waals surface area contributed by atoms with Gasteiger partial charge in [0.05, 0.1) is 37.8 Å². The number of fused-ring (bicyclic) bond motifs is 3. The lowest BCUT2D eigenvalue weighted by Crippen LogP contribution is -2.53. The van der Waals surface area contributed by atoms with E-state index in [4.69, 9.17) is 14.2 Å². The van der Waals surface area contributed by atoms with Gasteiger partial charge >= 0.3 is 5.97 Å². The predicted octanol–water partition coefficient (Wildman–Crippen LogP) is 5.80. The molecule has 5 aromatic rings. The lowest BCUT2D eigenvalue weighted by atomic mass is 9.65. The van der Waals surface area contributed by atoms with Crippen molar-refractivity contribution >= 4 is 34.8 Å². The van der Waals surface area contributed by atoms with E-state index in [1.807, 2.05) is 132 Å². The standard InChI is InChI=1S/C45H42N4O7/c50-25-28-55-36-18-10-7-15-33(36)41-45(34-16-8-9-17-35(34)47-44(45)53)37(42(51)46-31-19-21-32(22-20-31)48-23-26-54-27-24-48)39-43(52)56-40(30-13-5-2-6-14-30)38(49(39)41)29-11-3-1-4-12-29/h1-22,37-41,50H,23-28H2,(H,46,51)(H,47,53)/t37-,38-,39-,40+,41+,45-/m1/s1. The smallest absolute Gasteiger partial charge is 0.324 e. The van der Waals surface area contributed by atoms with Gasteiger partial charge in [0.15, 0.2) is 0 Å². The monoisotopic (exact) mass is 750 g/mol. The van der Waals surface area contributed by atoms with Gasteiger partial charge in [-0.2, -0.15) is 0 Å². The molecular formula is C45H42N4O7. The number of ether oxygens (including phenoxy) is 3. The third-order valence-electron chi connectivity index (χ3n) is 11.6. The fraction of sp³-hybridized carbons (Fsp3) is 0.267. The second-order valence-electron chi connectivity index (χ2n) is 14.5. The highest BCUT2D eigenvalue weighted by atomic mass is 16.6. The summed E-state index contributed by atoms with van der Waals surface area (Å²) in [4.78, 5) is 49.8. The minimum atomic E-state index is -1.64. The van der Waals surface area contributed by atoms with Crippen LogP contribution in [-0.2, 0) is 29.3 Å². The lowest BCUT2D eigenvalue weighted by molar-refractivity contribution is -0.177. The predicted molar refractivity (Wildman–Crippen MR) is 210 cm³/mol. The summed E-state index contributed by atoms with van der Waals surface area (Å²) in [6.45, 7) is 2.59. The first-order valence-electron chi connectivity index (χ1n) is 19.1. The van der Waals surface area contributed by atoms with Crippen molar-refractivity contribution in [2.75, 3.05) is 55.1 Å². The number of benzene rings is 5. The van der Waals surface area contributed by atoms with E-state index >= 15 is 9.59 Å². The highest BCUT2D eigenvalue weighted by molar-refractivity contribution is 6.13. The molecule has 0 unspecified atom stereocenters. The number of carbonyl (C=O) groups is 3. The van der Waals surface area contributed by atoms with Crippen LogP contribution in [0.1, 0.15) is 40.4 Å². The SMILES string of the molecule is O=C1O[C@@H](c2ccccc2)[C@@H](c2ccccc2)N2[C@@H](c3ccccc3OCCO)[C@]3(C(=O)Nc4ccccc43)[C@@H](C(=O)Nc3ccc(N4CCOCC4)cc3)[C@H]12. The van der Waals surface area contributed by atoms with E-state index in [0.717, 1.165) is 29.9 Å². The Morgan fingerprint density at radius 3 is 2.20 bits per heavy atom. The molecule has 0 aromatic heterocycles. The van der Waals surface area contributed by atoms with Crippen LogP contribution in [0.15, 0.2) is 133 Å². The number of nitrogens with one attached hydrogen (secondary N) is 2. The van der Waals surface area contributed by atoms with Gasteiger partial charge in [-0.3, -0.25) is 19.3 Å². The van der Waals surface area contributed by atoms with Crippen molar-refractivity contribution < 1.29 is 33.7 Å². The summed E-state index contributed by atoms with van der Waals surface area (Å²) in [7, 11) is 0. The molecule has 0 aliphatic carbocycles. The van der Waals surface area contributed by atoms with Gasteiger partial charge < -0.3 is 34.9 Å². The van der Waals surface area contributed by atoms with Crippen LogP contribution in [0.4, 0.5) is 17.1 Å². The molecule has 4 aliphatic heterocycles. The second kappa shape index (κ2) is 14.9. The number of morpholine rings is 2.